The Labute approximate surface area is 182 Å². The fraction of sp³-hybridized carbons (Fsp3) is 0.609. The van der Waals surface area contributed by atoms with Crippen LogP contribution in [0.3, 0.4) is 0 Å². The summed E-state index contributed by atoms with van der Waals surface area (Å²) in [5.41, 5.74) is 0.792. The van der Waals surface area contributed by atoms with Crippen LogP contribution in [0.25, 0.3) is 10.2 Å². The predicted molar refractivity (Wildman–Crippen MR) is 121 cm³/mol. The lowest BCUT2D eigenvalue weighted by atomic mass is 9.77. The average molecular weight is 432 g/mol. The predicted octanol–water partition coefficient (Wildman–Crippen LogP) is 4.11. The van der Waals surface area contributed by atoms with Crippen molar-refractivity contribution in [1.29, 1.82) is 0 Å². The van der Waals surface area contributed by atoms with E-state index in [9.17, 15) is 9.59 Å². The van der Waals surface area contributed by atoms with Crippen molar-refractivity contribution < 1.29 is 14.3 Å². The maximum atomic E-state index is 12.9. The van der Waals surface area contributed by atoms with E-state index in [2.05, 4.69) is 21.7 Å². The van der Waals surface area contributed by atoms with Gasteiger partial charge in [-0.3, -0.25) is 9.59 Å². The number of thiophene rings is 1. The molecule has 2 aromatic rings. The quantitative estimate of drug-likeness (QED) is 0.647. The molecule has 0 bridgehead atoms. The molecule has 0 aromatic carbocycles. The van der Waals surface area contributed by atoms with Crippen LogP contribution in [-0.2, 0) is 9.53 Å². The minimum absolute atomic E-state index is 0.0374. The van der Waals surface area contributed by atoms with Gasteiger partial charge in [-0.1, -0.05) is 26.8 Å². The number of nitrogens with one attached hydrogen (secondary N) is 2. The summed E-state index contributed by atoms with van der Waals surface area (Å²) in [6.45, 7) is 7.54. The monoisotopic (exact) mass is 431 g/mol. The van der Waals surface area contributed by atoms with Gasteiger partial charge in [-0.25, -0.2) is 4.98 Å². The summed E-state index contributed by atoms with van der Waals surface area (Å²) in [7, 11) is 1.63. The summed E-state index contributed by atoms with van der Waals surface area (Å²) in [5, 5.41) is 7.17. The summed E-state index contributed by atoms with van der Waals surface area (Å²) >= 11 is 1.48. The second-order valence-corrected chi connectivity index (χ2v) is 10.1. The van der Waals surface area contributed by atoms with Crippen molar-refractivity contribution in [3.63, 3.8) is 0 Å². The van der Waals surface area contributed by atoms with Crippen LogP contribution >= 0.6 is 11.3 Å². The molecule has 1 aliphatic carbocycles. The van der Waals surface area contributed by atoms with E-state index in [0.717, 1.165) is 52.9 Å². The zero-order chi connectivity index (χ0) is 21.7. The topological polar surface area (TPSA) is 80.3 Å². The Morgan fingerprint density at radius 3 is 2.60 bits per heavy atom. The number of amides is 2. The number of hydrogen-bond donors (Lipinski definition) is 2. The third-order valence-corrected chi connectivity index (χ3v) is 6.92. The van der Waals surface area contributed by atoms with Crippen molar-refractivity contribution in [3.05, 3.63) is 28.8 Å². The van der Waals surface area contributed by atoms with Crippen molar-refractivity contribution in [2.75, 3.05) is 26.8 Å². The van der Waals surface area contributed by atoms with Gasteiger partial charge in [-0.2, -0.15) is 0 Å². The van der Waals surface area contributed by atoms with Crippen LogP contribution in [0.15, 0.2) is 18.3 Å². The molecule has 2 N–H and O–H groups in total. The molecule has 164 valence electrons. The Bertz CT molecular complexity index is 879. The van der Waals surface area contributed by atoms with Gasteiger partial charge in [0.15, 0.2) is 0 Å². The SMILES string of the molecule is COCCNC(=O)c1sc2ncccc2c1C1CCC(CNC(=O)C(C)(C)C)CC1. The molecule has 2 amide bonds. The molecule has 30 heavy (non-hydrogen) atoms. The van der Waals surface area contributed by atoms with Gasteiger partial charge < -0.3 is 15.4 Å². The van der Waals surface area contributed by atoms with Gasteiger partial charge >= 0.3 is 0 Å². The van der Waals surface area contributed by atoms with E-state index in [1.807, 2.05) is 26.8 Å². The molecule has 3 rings (SSSR count). The van der Waals surface area contributed by atoms with E-state index < -0.39 is 0 Å². The van der Waals surface area contributed by atoms with Gasteiger partial charge in [0.1, 0.15) is 4.83 Å². The number of rotatable bonds is 7. The first-order valence-electron chi connectivity index (χ1n) is 10.7. The van der Waals surface area contributed by atoms with Gasteiger partial charge in [0.2, 0.25) is 5.91 Å². The fourth-order valence-corrected chi connectivity index (χ4v) is 5.18. The van der Waals surface area contributed by atoms with Crippen LogP contribution in [0.5, 0.6) is 0 Å². The number of nitrogens with zero attached hydrogens (tertiary/aromatic N) is 1. The van der Waals surface area contributed by atoms with Crippen LogP contribution < -0.4 is 10.6 Å². The third kappa shape index (κ3) is 5.38. The van der Waals surface area contributed by atoms with E-state index in [4.69, 9.17) is 4.74 Å². The molecule has 6 nitrogen and oxygen atoms in total. The maximum absolute atomic E-state index is 12.9. The first-order valence-corrected chi connectivity index (χ1v) is 11.6. The van der Waals surface area contributed by atoms with Crippen LogP contribution in [0.2, 0.25) is 0 Å². The van der Waals surface area contributed by atoms with Crippen molar-refractivity contribution in [2.24, 2.45) is 11.3 Å². The van der Waals surface area contributed by atoms with E-state index >= 15 is 0 Å². The van der Waals surface area contributed by atoms with Crippen LogP contribution in [0, 0.1) is 11.3 Å². The summed E-state index contributed by atoms with van der Waals surface area (Å²) in [4.78, 5) is 31.2. The minimum Gasteiger partial charge on any atom is -0.383 e. The molecule has 0 radical (unpaired) electrons. The second kappa shape index (κ2) is 9.88. The Morgan fingerprint density at radius 2 is 1.93 bits per heavy atom. The molecule has 2 aromatic heterocycles. The van der Waals surface area contributed by atoms with Gasteiger partial charge in [0.05, 0.1) is 11.5 Å². The van der Waals surface area contributed by atoms with E-state index in [-0.39, 0.29) is 17.2 Å². The highest BCUT2D eigenvalue weighted by Crippen LogP contribution is 2.43. The van der Waals surface area contributed by atoms with Gasteiger partial charge in [0, 0.05) is 37.2 Å². The highest BCUT2D eigenvalue weighted by atomic mass is 32.1. The smallest absolute Gasteiger partial charge is 0.261 e. The number of carbonyl (C=O) groups excluding carboxylic acids is 2. The van der Waals surface area contributed by atoms with Crippen LogP contribution in [0.4, 0.5) is 0 Å². The van der Waals surface area contributed by atoms with Gasteiger partial charge in [-0.05, 0) is 49.1 Å². The van der Waals surface area contributed by atoms with Gasteiger partial charge in [-0.15, -0.1) is 11.3 Å². The second-order valence-electron chi connectivity index (χ2n) is 9.13. The highest BCUT2D eigenvalue weighted by molar-refractivity contribution is 7.20. The molecular formula is C23H33N3O3S. The standard InChI is InChI=1S/C23H33N3O3S/c1-23(2,3)22(28)26-14-15-7-9-16(10-8-15)18-17-6-5-11-25-21(17)30-19(18)20(27)24-12-13-29-4/h5-6,11,15-16H,7-10,12-14H2,1-4H3,(H,24,27)(H,26,28). The number of aromatic nitrogens is 1. The van der Waals surface area contributed by atoms with E-state index in [1.165, 1.54) is 11.3 Å². The highest BCUT2D eigenvalue weighted by Gasteiger charge is 2.30. The first kappa shape index (κ1) is 22.7. The van der Waals surface area contributed by atoms with Crippen molar-refractivity contribution in [3.8, 4) is 0 Å². The molecule has 1 fully saturated rings. The summed E-state index contributed by atoms with van der Waals surface area (Å²) in [6, 6.07) is 4.02. The third-order valence-electron chi connectivity index (χ3n) is 5.79. The van der Waals surface area contributed by atoms with Crippen LogP contribution in [0.1, 0.15) is 67.6 Å². The summed E-state index contributed by atoms with van der Waals surface area (Å²) in [5.74, 6) is 0.911. The Morgan fingerprint density at radius 1 is 1.20 bits per heavy atom. The molecule has 0 aliphatic heterocycles. The zero-order valence-electron chi connectivity index (χ0n) is 18.4. The van der Waals surface area contributed by atoms with E-state index in [0.29, 0.717) is 25.0 Å². The number of fused-ring (bicyclic) bond motifs is 1. The fourth-order valence-electron chi connectivity index (χ4n) is 4.03. The zero-order valence-corrected chi connectivity index (χ0v) is 19.2. The normalized spacial score (nSPS) is 19.6. The Balaban J connectivity index is 1.70. The number of ether oxygens (including phenoxy) is 1. The lowest BCUT2D eigenvalue weighted by Crippen LogP contribution is -2.38. The van der Waals surface area contributed by atoms with Crippen molar-refractivity contribution in [2.45, 2.75) is 52.4 Å². The van der Waals surface area contributed by atoms with Crippen molar-refractivity contribution >= 4 is 33.4 Å². The molecule has 0 saturated heterocycles. The maximum Gasteiger partial charge on any atom is 0.261 e. The summed E-state index contributed by atoms with van der Waals surface area (Å²) in [6.07, 6.45) is 5.93. The number of carbonyl (C=O) groups is 2. The number of methoxy groups -OCH3 is 1. The number of pyridine rings is 1. The number of hydrogen-bond acceptors (Lipinski definition) is 5. The summed E-state index contributed by atoms with van der Waals surface area (Å²) < 4.78 is 5.05. The van der Waals surface area contributed by atoms with E-state index in [1.54, 1.807) is 13.3 Å². The first-order chi connectivity index (χ1) is 14.3. The minimum atomic E-state index is -0.356. The lowest BCUT2D eigenvalue weighted by Gasteiger charge is -2.30. The molecule has 2 heterocycles. The van der Waals surface area contributed by atoms with Crippen molar-refractivity contribution in [1.82, 2.24) is 15.6 Å². The van der Waals surface area contributed by atoms with Crippen LogP contribution in [-0.4, -0.2) is 43.6 Å². The molecule has 0 unspecified atom stereocenters. The molecule has 0 spiro atoms. The Hall–Kier alpha value is -1.99. The lowest BCUT2D eigenvalue weighted by molar-refractivity contribution is -0.128. The molecule has 7 heteroatoms. The largest absolute Gasteiger partial charge is 0.383 e. The van der Waals surface area contributed by atoms with Gasteiger partial charge in [0.25, 0.3) is 5.91 Å². The molecular weight excluding hydrogens is 398 g/mol. The molecule has 1 aliphatic rings. The Kier molecular flexibility index (Phi) is 7.47. The molecule has 0 atom stereocenters. The molecule has 1 saturated carbocycles. The average Bonchev–Trinajstić information content (AvgIpc) is 3.11.